The molecule has 0 radical (unpaired) electrons. The summed E-state index contributed by atoms with van der Waals surface area (Å²) >= 11 is 0. The zero-order chi connectivity index (χ0) is 32.6. The van der Waals surface area contributed by atoms with Gasteiger partial charge in [0.25, 0.3) is 5.91 Å². The fourth-order valence-corrected chi connectivity index (χ4v) is 8.21. The predicted octanol–water partition coefficient (Wildman–Crippen LogP) is 5.11. The second-order valence-electron chi connectivity index (χ2n) is 12.9. The maximum atomic E-state index is 14.9. The van der Waals surface area contributed by atoms with Gasteiger partial charge in [-0.1, -0.05) is 79.7 Å². The SMILES string of the molecule is C=CCN(Cc1ccccc1)C(=O)[C@@H]1[C@H]2C(=O)N([C@H](C)CO)C(C(=O)N(CC=C)c3ccc4ccccc4c3)C23CC[C@@]1(CC)O3. The highest BCUT2D eigenvalue weighted by Gasteiger charge is 2.79. The van der Waals surface area contributed by atoms with Gasteiger partial charge in [-0.15, -0.1) is 13.2 Å². The lowest BCUT2D eigenvalue weighted by molar-refractivity contribution is -0.153. The summed E-state index contributed by atoms with van der Waals surface area (Å²) in [5.41, 5.74) is -0.444. The maximum Gasteiger partial charge on any atom is 0.253 e. The molecule has 3 amide bonds. The van der Waals surface area contributed by atoms with Crippen molar-refractivity contribution in [1.29, 1.82) is 0 Å². The van der Waals surface area contributed by atoms with E-state index in [9.17, 15) is 19.5 Å². The van der Waals surface area contributed by atoms with Gasteiger partial charge in [-0.3, -0.25) is 14.4 Å². The zero-order valence-electron chi connectivity index (χ0n) is 26.7. The third kappa shape index (κ3) is 4.95. The molecule has 3 saturated heterocycles. The molecule has 6 atom stereocenters. The Kier molecular flexibility index (Phi) is 8.61. The summed E-state index contributed by atoms with van der Waals surface area (Å²) in [5.74, 6) is -2.43. The summed E-state index contributed by atoms with van der Waals surface area (Å²) in [6.07, 6.45) is 4.91. The minimum atomic E-state index is -1.21. The molecule has 1 N–H and O–H groups in total. The van der Waals surface area contributed by atoms with E-state index < -0.39 is 35.1 Å². The minimum absolute atomic E-state index is 0.173. The Morgan fingerprint density at radius 3 is 2.37 bits per heavy atom. The molecular formula is C38H43N3O5. The molecule has 46 heavy (non-hydrogen) atoms. The molecule has 3 aromatic carbocycles. The number of carbonyl (C=O) groups excluding carboxylic acids is 3. The number of benzene rings is 3. The molecule has 0 aliphatic carbocycles. The highest BCUT2D eigenvalue weighted by atomic mass is 16.5. The van der Waals surface area contributed by atoms with E-state index >= 15 is 0 Å². The van der Waals surface area contributed by atoms with Crippen molar-refractivity contribution in [3.8, 4) is 0 Å². The van der Waals surface area contributed by atoms with E-state index in [1.165, 1.54) is 4.90 Å². The van der Waals surface area contributed by atoms with Crippen molar-refractivity contribution in [2.45, 2.75) is 62.9 Å². The smallest absolute Gasteiger partial charge is 0.253 e. The number of hydrogen-bond donors (Lipinski definition) is 1. The molecule has 3 aliphatic rings. The Balaban J connectivity index is 1.43. The largest absolute Gasteiger partial charge is 0.394 e. The van der Waals surface area contributed by atoms with Gasteiger partial charge in [-0.2, -0.15) is 0 Å². The molecule has 8 heteroatoms. The summed E-state index contributed by atoms with van der Waals surface area (Å²) in [4.78, 5) is 49.1. The van der Waals surface area contributed by atoms with E-state index in [0.717, 1.165) is 16.3 Å². The van der Waals surface area contributed by atoms with Crippen LogP contribution in [0, 0.1) is 11.8 Å². The number of likely N-dealkylation sites (tertiary alicyclic amines) is 1. The number of carbonyl (C=O) groups is 3. The summed E-state index contributed by atoms with van der Waals surface area (Å²) in [5, 5.41) is 12.4. The summed E-state index contributed by atoms with van der Waals surface area (Å²) in [6, 6.07) is 21.8. The van der Waals surface area contributed by atoms with E-state index in [1.807, 2.05) is 79.7 Å². The Hall–Kier alpha value is -4.27. The first-order valence-electron chi connectivity index (χ1n) is 16.2. The van der Waals surface area contributed by atoms with E-state index in [1.54, 1.807) is 28.9 Å². The molecule has 1 spiro atoms. The van der Waals surface area contributed by atoms with Crippen LogP contribution in [-0.4, -0.2) is 75.6 Å². The highest BCUT2D eigenvalue weighted by molar-refractivity contribution is 6.06. The number of rotatable bonds is 12. The molecule has 3 aliphatic heterocycles. The molecule has 0 aromatic heterocycles. The molecule has 6 rings (SSSR count). The van der Waals surface area contributed by atoms with Crippen molar-refractivity contribution in [2.24, 2.45) is 11.8 Å². The topological polar surface area (TPSA) is 90.4 Å². The quantitative estimate of drug-likeness (QED) is 0.284. The number of aliphatic hydroxyl groups is 1. The van der Waals surface area contributed by atoms with Crippen molar-refractivity contribution >= 4 is 34.2 Å². The summed E-state index contributed by atoms with van der Waals surface area (Å²) in [7, 11) is 0. The molecular weight excluding hydrogens is 578 g/mol. The molecule has 3 fully saturated rings. The van der Waals surface area contributed by atoms with Gasteiger partial charge in [-0.25, -0.2) is 0 Å². The Morgan fingerprint density at radius 1 is 1.00 bits per heavy atom. The molecule has 8 nitrogen and oxygen atoms in total. The van der Waals surface area contributed by atoms with Crippen LogP contribution in [0.5, 0.6) is 0 Å². The van der Waals surface area contributed by atoms with Crippen LogP contribution in [0.4, 0.5) is 5.69 Å². The van der Waals surface area contributed by atoms with Crippen molar-refractivity contribution in [3.05, 3.63) is 104 Å². The Labute approximate surface area is 270 Å². The third-order valence-electron chi connectivity index (χ3n) is 10.4. The minimum Gasteiger partial charge on any atom is -0.394 e. The maximum absolute atomic E-state index is 14.9. The van der Waals surface area contributed by atoms with Gasteiger partial charge in [-0.05, 0) is 54.7 Å². The van der Waals surface area contributed by atoms with Crippen LogP contribution in [0.2, 0.25) is 0 Å². The van der Waals surface area contributed by atoms with E-state index in [2.05, 4.69) is 13.2 Å². The van der Waals surface area contributed by atoms with Crippen LogP contribution >= 0.6 is 0 Å². The molecule has 3 heterocycles. The first-order chi connectivity index (χ1) is 22.2. The monoisotopic (exact) mass is 621 g/mol. The number of fused-ring (bicyclic) bond motifs is 2. The number of anilines is 1. The Morgan fingerprint density at radius 2 is 1.70 bits per heavy atom. The number of aliphatic hydroxyl groups excluding tert-OH is 1. The third-order valence-corrected chi connectivity index (χ3v) is 10.4. The van der Waals surface area contributed by atoms with Crippen molar-refractivity contribution in [1.82, 2.24) is 9.80 Å². The van der Waals surface area contributed by atoms with Gasteiger partial charge in [0, 0.05) is 25.3 Å². The summed E-state index contributed by atoms with van der Waals surface area (Å²) in [6.45, 7) is 12.1. The fourth-order valence-electron chi connectivity index (χ4n) is 8.21. The lowest BCUT2D eigenvalue weighted by Crippen LogP contribution is -2.58. The number of hydrogen-bond acceptors (Lipinski definition) is 5. The molecule has 240 valence electrons. The van der Waals surface area contributed by atoms with Gasteiger partial charge in [0.1, 0.15) is 11.6 Å². The van der Waals surface area contributed by atoms with Crippen molar-refractivity contribution in [2.75, 3.05) is 24.6 Å². The predicted molar refractivity (Wildman–Crippen MR) is 179 cm³/mol. The summed E-state index contributed by atoms with van der Waals surface area (Å²) < 4.78 is 7.01. The number of nitrogens with zero attached hydrogens (tertiary/aromatic N) is 3. The molecule has 2 bridgehead atoms. The lowest BCUT2D eigenvalue weighted by atomic mass is 9.64. The van der Waals surface area contributed by atoms with Gasteiger partial charge in [0.2, 0.25) is 11.8 Å². The van der Waals surface area contributed by atoms with E-state index in [-0.39, 0.29) is 30.9 Å². The van der Waals surface area contributed by atoms with Crippen LogP contribution in [-0.2, 0) is 25.7 Å². The first-order valence-corrected chi connectivity index (χ1v) is 16.2. The van der Waals surface area contributed by atoms with Crippen LogP contribution < -0.4 is 4.90 Å². The van der Waals surface area contributed by atoms with E-state index in [4.69, 9.17) is 4.74 Å². The Bertz CT molecular complexity index is 1660. The number of ether oxygens (including phenoxy) is 1. The fraction of sp³-hybridized carbons (Fsp3) is 0.395. The second kappa shape index (κ2) is 12.5. The van der Waals surface area contributed by atoms with Crippen LogP contribution in [0.1, 0.15) is 38.7 Å². The average Bonchev–Trinajstić information content (AvgIpc) is 3.69. The number of amides is 3. The van der Waals surface area contributed by atoms with Gasteiger partial charge in [0.15, 0.2) is 0 Å². The van der Waals surface area contributed by atoms with Crippen LogP contribution in [0.15, 0.2) is 98.1 Å². The normalized spacial score (nSPS) is 27.0. The van der Waals surface area contributed by atoms with Crippen LogP contribution in [0.25, 0.3) is 10.8 Å². The van der Waals surface area contributed by atoms with E-state index in [0.29, 0.717) is 38.0 Å². The lowest BCUT2D eigenvalue weighted by Gasteiger charge is -2.38. The average molecular weight is 622 g/mol. The van der Waals surface area contributed by atoms with Crippen molar-refractivity contribution < 1.29 is 24.2 Å². The second-order valence-corrected chi connectivity index (χ2v) is 12.9. The van der Waals surface area contributed by atoms with Gasteiger partial charge in [0.05, 0.1) is 30.1 Å². The molecule has 0 saturated carbocycles. The standard InChI is InChI=1S/C38H43N3O5/c1-5-21-39(24-27-13-9-8-10-14-27)34(43)31-32-35(44)41(26(4)25-42)33(38(32)20-19-37(31,7-3)46-38)36(45)40(22-6-2)30-18-17-28-15-11-12-16-29(28)23-30/h5-6,8-18,23,26,31-33,42H,1-2,7,19-22,24-25H2,3-4H3/t26-,31+,32+,33?,37-,38?/m1/s1. The highest BCUT2D eigenvalue weighted by Crippen LogP contribution is 2.65. The zero-order valence-corrected chi connectivity index (χ0v) is 26.7. The molecule has 3 aromatic rings. The van der Waals surface area contributed by atoms with Crippen molar-refractivity contribution in [3.63, 3.8) is 0 Å². The molecule has 2 unspecified atom stereocenters. The van der Waals surface area contributed by atoms with Crippen LogP contribution in [0.3, 0.4) is 0 Å². The first kappa shape index (κ1) is 31.7. The van der Waals surface area contributed by atoms with Gasteiger partial charge < -0.3 is 24.5 Å². The van der Waals surface area contributed by atoms with Gasteiger partial charge >= 0.3 is 0 Å².